The Hall–Kier alpha value is -2.97. The molecule has 3 rings (SSSR count). The lowest BCUT2D eigenvalue weighted by Gasteiger charge is -2.36. The summed E-state index contributed by atoms with van der Waals surface area (Å²) in [5, 5.41) is 8.98. The van der Waals surface area contributed by atoms with Gasteiger partial charge in [0.1, 0.15) is 11.8 Å². The second-order valence-corrected chi connectivity index (χ2v) is 14.3. The minimum atomic E-state index is -0.788. The van der Waals surface area contributed by atoms with Gasteiger partial charge in [0.25, 0.3) is 0 Å². The molecule has 0 unspecified atom stereocenters. The van der Waals surface area contributed by atoms with Crippen molar-refractivity contribution in [2.24, 2.45) is 11.8 Å². The summed E-state index contributed by atoms with van der Waals surface area (Å²) in [5.41, 5.74) is 2.28. The molecule has 0 heterocycles. The highest BCUT2D eigenvalue weighted by molar-refractivity contribution is 8.00. The number of hydrogen-bond acceptors (Lipinski definition) is 6. The van der Waals surface area contributed by atoms with E-state index in [0.717, 1.165) is 43.2 Å². The van der Waals surface area contributed by atoms with Gasteiger partial charge in [-0.05, 0) is 64.1 Å². The Labute approximate surface area is 268 Å². The van der Waals surface area contributed by atoms with Crippen LogP contribution in [0.5, 0.6) is 0 Å². The molecule has 2 aromatic rings. The number of rotatable bonds is 17. The Balaban J connectivity index is 1.87. The molecule has 0 aliphatic heterocycles. The van der Waals surface area contributed by atoms with E-state index in [4.69, 9.17) is 0 Å². The molecule has 0 saturated heterocycles. The van der Waals surface area contributed by atoms with Gasteiger partial charge in [-0.2, -0.15) is 0 Å². The van der Waals surface area contributed by atoms with Crippen molar-refractivity contribution in [3.8, 4) is 0 Å². The molecule has 1 fully saturated rings. The Morgan fingerprint density at radius 2 is 1.45 bits per heavy atom. The molecule has 2 amide bonds. The van der Waals surface area contributed by atoms with Crippen LogP contribution in [0.25, 0.3) is 0 Å². The number of Topliss-reactive ketones (excluding diaryl/α,β-unsaturated/α-hetero) is 2. The van der Waals surface area contributed by atoms with Gasteiger partial charge in [0.05, 0.1) is 11.9 Å². The zero-order valence-electron chi connectivity index (χ0n) is 27.1. The summed E-state index contributed by atoms with van der Waals surface area (Å²) in [6.07, 6.45) is 6.08. The van der Waals surface area contributed by atoms with Gasteiger partial charge in [-0.15, -0.1) is 11.8 Å². The van der Waals surface area contributed by atoms with E-state index in [9.17, 15) is 19.2 Å². The Morgan fingerprint density at radius 3 is 1.98 bits per heavy atom. The van der Waals surface area contributed by atoms with Crippen molar-refractivity contribution >= 4 is 35.1 Å². The molecule has 2 aromatic carbocycles. The first-order valence-electron chi connectivity index (χ1n) is 16.0. The van der Waals surface area contributed by atoms with Crippen LogP contribution in [-0.2, 0) is 19.2 Å². The number of carbonyl (C=O) groups excluding carboxylic acids is 4. The third kappa shape index (κ3) is 10.6. The molecule has 3 N–H and O–H groups in total. The van der Waals surface area contributed by atoms with E-state index >= 15 is 0 Å². The number of likely N-dealkylation sites (N-methyl/N-ethyl adjacent to an activating group) is 1. The highest BCUT2D eigenvalue weighted by atomic mass is 32.2. The molecule has 0 aromatic heterocycles. The van der Waals surface area contributed by atoms with Crippen molar-refractivity contribution < 1.29 is 19.2 Å². The lowest BCUT2D eigenvalue weighted by atomic mass is 9.76. The van der Waals surface area contributed by atoms with Crippen LogP contribution in [0.15, 0.2) is 60.7 Å². The van der Waals surface area contributed by atoms with Gasteiger partial charge in [-0.1, -0.05) is 79.9 Å². The summed E-state index contributed by atoms with van der Waals surface area (Å²) in [6.45, 7) is 7.17. The predicted octanol–water partition coefficient (Wildman–Crippen LogP) is 6.02. The Bertz CT molecular complexity index is 1170. The first-order chi connectivity index (χ1) is 21.0. The molecule has 0 bridgehead atoms. The van der Waals surface area contributed by atoms with Crippen LogP contribution in [0.3, 0.4) is 0 Å². The summed E-state index contributed by atoms with van der Waals surface area (Å²) in [4.78, 5) is 52.9. The quantitative estimate of drug-likeness (QED) is 0.187. The molecule has 240 valence electrons. The molecule has 0 radical (unpaired) electrons. The van der Waals surface area contributed by atoms with Crippen molar-refractivity contribution in [1.29, 1.82) is 0 Å². The fraction of sp³-hybridized carbons (Fsp3) is 0.556. The Kier molecular flexibility index (Phi) is 14.1. The van der Waals surface area contributed by atoms with Crippen LogP contribution in [0.2, 0.25) is 0 Å². The maximum absolute atomic E-state index is 14.2. The van der Waals surface area contributed by atoms with Crippen molar-refractivity contribution in [1.82, 2.24) is 16.0 Å². The molecule has 3 atom stereocenters. The molecule has 44 heavy (non-hydrogen) atoms. The Morgan fingerprint density at radius 1 is 0.886 bits per heavy atom. The minimum absolute atomic E-state index is 0.00829. The summed E-state index contributed by atoms with van der Waals surface area (Å²) in [5.74, 6) is -0.422. The van der Waals surface area contributed by atoms with Crippen LogP contribution in [0.1, 0.15) is 96.1 Å². The molecule has 1 saturated carbocycles. The van der Waals surface area contributed by atoms with Gasteiger partial charge >= 0.3 is 0 Å². The highest BCUT2D eigenvalue weighted by Gasteiger charge is 2.40. The monoisotopic (exact) mass is 621 g/mol. The van der Waals surface area contributed by atoms with Gasteiger partial charge in [0.15, 0.2) is 5.78 Å². The fourth-order valence-electron chi connectivity index (χ4n) is 6.19. The number of carbonyl (C=O) groups is 4. The second-order valence-electron chi connectivity index (χ2n) is 12.6. The van der Waals surface area contributed by atoms with E-state index in [1.54, 1.807) is 7.05 Å². The van der Waals surface area contributed by atoms with Crippen LogP contribution >= 0.6 is 11.8 Å². The van der Waals surface area contributed by atoms with Crippen LogP contribution < -0.4 is 16.0 Å². The van der Waals surface area contributed by atoms with E-state index in [-0.39, 0.29) is 54.1 Å². The third-order valence-electron chi connectivity index (χ3n) is 9.05. The summed E-state index contributed by atoms with van der Waals surface area (Å²) in [6, 6.07) is 19.3. The lowest BCUT2D eigenvalue weighted by Crippen LogP contribution is -2.55. The van der Waals surface area contributed by atoms with E-state index in [1.807, 2.05) is 57.2 Å². The fourth-order valence-corrected chi connectivity index (χ4v) is 7.19. The van der Waals surface area contributed by atoms with E-state index < -0.39 is 16.7 Å². The van der Waals surface area contributed by atoms with Gasteiger partial charge in [-0.3, -0.25) is 19.2 Å². The molecule has 0 spiro atoms. The summed E-state index contributed by atoms with van der Waals surface area (Å²) >= 11 is 1.44. The average Bonchev–Trinajstić information content (AvgIpc) is 3.02. The smallest absolute Gasteiger partial charge is 0.224 e. The number of nitrogens with one attached hydrogen (secondary N) is 3. The standard InChI is InChI=1S/C36H51N3O4S/c1-25(37-5)33(42)23-31(29-19-13-8-14-20-29)35(43)39-34(36(3,4)44-24-38-26(2)40)32(41)22-21-30(27-15-9-6-10-16-27)28-17-11-7-12-18-28/h6-7,9-12,15-18,25,29-31,34,37H,8,13-14,19-24H2,1-5H3,(H,38,40)(H,39,43)/t25-,31-,34+/m0/s1. The van der Waals surface area contributed by atoms with Crippen molar-refractivity contribution in [3.05, 3.63) is 71.8 Å². The zero-order valence-corrected chi connectivity index (χ0v) is 27.9. The van der Waals surface area contributed by atoms with Crippen LogP contribution in [0, 0.1) is 11.8 Å². The predicted molar refractivity (Wildman–Crippen MR) is 179 cm³/mol. The highest BCUT2D eigenvalue weighted by Crippen LogP contribution is 2.35. The van der Waals surface area contributed by atoms with Gasteiger partial charge in [-0.25, -0.2) is 0 Å². The first-order valence-corrected chi connectivity index (χ1v) is 17.0. The first kappa shape index (κ1) is 35.5. The molecule has 1 aliphatic rings. The van der Waals surface area contributed by atoms with Crippen molar-refractivity contribution in [2.45, 2.75) is 102 Å². The van der Waals surface area contributed by atoms with Gasteiger partial charge in [0.2, 0.25) is 11.8 Å². The molecular weight excluding hydrogens is 570 g/mol. The molecule has 8 heteroatoms. The van der Waals surface area contributed by atoms with Crippen molar-refractivity contribution in [3.63, 3.8) is 0 Å². The number of ketones is 2. The topological polar surface area (TPSA) is 104 Å². The largest absolute Gasteiger partial charge is 0.347 e. The third-order valence-corrected chi connectivity index (χ3v) is 10.3. The second kappa shape index (κ2) is 17.5. The maximum Gasteiger partial charge on any atom is 0.224 e. The minimum Gasteiger partial charge on any atom is -0.347 e. The van der Waals surface area contributed by atoms with Crippen LogP contribution in [0.4, 0.5) is 0 Å². The molecular formula is C36H51N3O4S. The summed E-state index contributed by atoms with van der Waals surface area (Å²) < 4.78 is -0.705. The average molecular weight is 622 g/mol. The van der Waals surface area contributed by atoms with Crippen LogP contribution in [-0.4, -0.2) is 53.1 Å². The number of hydrogen-bond donors (Lipinski definition) is 3. The molecule has 7 nitrogen and oxygen atoms in total. The van der Waals surface area contributed by atoms with E-state index in [0.29, 0.717) is 12.3 Å². The van der Waals surface area contributed by atoms with Gasteiger partial charge in [0, 0.05) is 36.3 Å². The summed E-state index contributed by atoms with van der Waals surface area (Å²) in [7, 11) is 1.75. The zero-order chi connectivity index (χ0) is 32.1. The number of thioether (sulfide) groups is 1. The number of benzene rings is 2. The normalized spacial score (nSPS) is 16.1. The lowest BCUT2D eigenvalue weighted by molar-refractivity contribution is -0.135. The van der Waals surface area contributed by atoms with E-state index in [2.05, 4.69) is 40.2 Å². The molecule has 1 aliphatic carbocycles. The van der Waals surface area contributed by atoms with E-state index in [1.165, 1.54) is 18.7 Å². The maximum atomic E-state index is 14.2. The van der Waals surface area contributed by atoms with Gasteiger partial charge < -0.3 is 16.0 Å². The SMILES string of the molecule is CN[C@@H](C)C(=O)C[C@H](C(=O)N[C@H](C(=O)CCC(c1ccccc1)c1ccccc1)C(C)(C)SCNC(C)=O)C1CCCCC1. The van der Waals surface area contributed by atoms with Crippen molar-refractivity contribution in [2.75, 3.05) is 12.9 Å². The number of amides is 2.